The van der Waals surface area contributed by atoms with Gasteiger partial charge in [0.2, 0.25) is 0 Å². The van der Waals surface area contributed by atoms with Crippen LogP contribution in [-0.4, -0.2) is 19.8 Å². The second kappa shape index (κ2) is 6.70. The number of fused-ring (bicyclic) bond motifs is 1. The number of hydrogen-bond acceptors (Lipinski definition) is 3. The molecular weight excluding hydrogens is 266 g/mol. The van der Waals surface area contributed by atoms with Crippen LogP contribution in [0.15, 0.2) is 29.6 Å². The molecule has 1 aliphatic rings. The maximum absolute atomic E-state index is 5.85. The Morgan fingerprint density at radius 1 is 1.35 bits per heavy atom. The predicted octanol–water partition coefficient (Wildman–Crippen LogP) is 4.51. The number of rotatable bonds is 5. The van der Waals surface area contributed by atoms with Crippen LogP contribution in [0.4, 0.5) is 0 Å². The molecule has 1 N–H and O–H groups in total. The molecule has 1 aromatic carbocycles. The Morgan fingerprint density at radius 2 is 2.25 bits per heavy atom. The maximum Gasteiger partial charge on any atom is 0.0575 e. The lowest BCUT2D eigenvalue weighted by Crippen LogP contribution is -2.22. The molecule has 1 aliphatic heterocycles. The average Bonchev–Trinajstić information content (AvgIpc) is 2.93. The van der Waals surface area contributed by atoms with Crippen molar-refractivity contribution in [3.63, 3.8) is 0 Å². The summed E-state index contributed by atoms with van der Waals surface area (Å²) in [5.41, 5.74) is 1.45. The zero-order valence-corrected chi connectivity index (χ0v) is 12.9. The first-order valence-electron chi connectivity index (χ1n) is 7.63. The largest absolute Gasteiger partial charge is 0.378 e. The minimum atomic E-state index is 0.441. The number of nitrogens with one attached hydrogen (secondary N) is 1. The summed E-state index contributed by atoms with van der Waals surface area (Å²) in [6.07, 6.45) is 6.60. The van der Waals surface area contributed by atoms with Gasteiger partial charge >= 0.3 is 0 Å². The van der Waals surface area contributed by atoms with Crippen molar-refractivity contribution in [2.45, 2.75) is 44.2 Å². The third-order valence-corrected chi connectivity index (χ3v) is 5.27. The van der Waals surface area contributed by atoms with Gasteiger partial charge in [-0.25, -0.2) is 0 Å². The van der Waals surface area contributed by atoms with E-state index in [-0.39, 0.29) is 0 Å². The molecule has 3 rings (SSSR count). The highest BCUT2D eigenvalue weighted by atomic mass is 32.1. The van der Waals surface area contributed by atoms with Gasteiger partial charge < -0.3 is 10.1 Å². The van der Waals surface area contributed by atoms with Gasteiger partial charge in [0.1, 0.15) is 0 Å². The minimum absolute atomic E-state index is 0.441. The molecule has 0 spiro atoms. The highest BCUT2D eigenvalue weighted by Gasteiger charge is 2.18. The Bertz CT molecular complexity index is 545. The molecule has 0 bridgehead atoms. The van der Waals surface area contributed by atoms with Crippen LogP contribution >= 0.6 is 11.3 Å². The summed E-state index contributed by atoms with van der Waals surface area (Å²) in [4.78, 5) is 0. The van der Waals surface area contributed by atoms with Crippen LogP contribution in [0.1, 0.15) is 43.7 Å². The first-order chi connectivity index (χ1) is 9.88. The topological polar surface area (TPSA) is 21.3 Å². The zero-order chi connectivity index (χ0) is 13.8. The van der Waals surface area contributed by atoms with Crippen molar-refractivity contribution >= 4 is 21.4 Å². The van der Waals surface area contributed by atoms with Crippen molar-refractivity contribution in [1.82, 2.24) is 5.32 Å². The summed E-state index contributed by atoms with van der Waals surface area (Å²) >= 11 is 1.85. The molecule has 2 unspecified atom stereocenters. The van der Waals surface area contributed by atoms with Crippen LogP contribution in [0.3, 0.4) is 0 Å². The van der Waals surface area contributed by atoms with Gasteiger partial charge in [0.05, 0.1) is 6.10 Å². The van der Waals surface area contributed by atoms with E-state index in [9.17, 15) is 0 Å². The van der Waals surface area contributed by atoms with E-state index in [0.717, 1.165) is 19.4 Å². The first kappa shape index (κ1) is 14.1. The molecular formula is C17H23NOS. The molecule has 108 valence electrons. The lowest BCUT2D eigenvalue weighted by Gasteiger charge is -2.24. The van der Waals surface area contributed by atoms with Crippen LogP contribution in [0.25, 0.3) is 10.1 Å². The van der Waals surface area contributed by atoms with E-state index in [1.165, 1.54) is 34.9 Å². The van der Waals surface area contributed by atoms with Gasteiger partial charge in [0.25, 0.3) is 0 Å². The van der Waals surface area contributed by atoms with Gasteiger partial charge in [-0.2, -0.15) is 0 Å². The highest BCUT2D eigenvalue weighted by Crippen LogP contribution is 2.33. The van der Waals surface area contributed by atoms with Gasteiger partial charge in [0, 0.05) is 17.3 Å². The van der Waals surface area contributed by atoms with Gasteiger partial charge in [-0.05, 0) is 61.5 Å². The van der Waals surface area contributed by atoms with E-state index in [4.69, 9.17) is 4.74 Å². The summed E-state index contributed by atoms with van der Waals surface area (Å²) in [6.45, 7) is 0.955. The molecule has 1 aromatic heterocycles. The molecule has 2 atom stereocenters. The highest BCUT2D eigenvalue weighted by molar-refractivity contribution is 7.17. The Hall–Kier alpha value is -0.900. The number of hydrogen-bond donors (Lipinski definition) is 1. The Balaban J connectivity index is 1.69. The number of benzene rings is 1. The van der Waals surface area contributed by atoms with Gasteiger partial charge in [-0.3, -0.25) is 0 Å². The van der Waals surface area contributed by atoms with E-state index in [1.54, 1.807) is 0 Å². The summed E-state index contributed by atoms with van der Waals surface area (Å²) in [6, 6.07) is 9.14. The van der Waals surface area contributed by atoms with Crippen molar-refractivity contribution in [2.24, 2.45) is 0 Å². The maximum atomic E-state index is 5.85. The standard InChI is InChI=1S/C17H23NOS/c1-18-16(10-9-13-6-4-5-11-19-13)15-12-20-17-8-3-2-7-14(15)17/h2-3,7-8,12-13,16,18H,4-6,9-11H2,1H3. The van der Waals surface area contributed by atoms with E-state index < -0.39 is 0 Å². The van der Waals surface area contributed by atoms with Crippen molar-refractivity contribution in [1.29, 1.82) is 0 Å². The molecule has 2 aromatic rings. The fraction of sp³-hybridized carbons (Fsp3) is 0.529. The molecule has 2 heterocycles. The Morgan fingerprint density at radius 3 is 3.05 bits per heavy atom. The van der Waals surface area contributed by atoms with Crippen LogP contribution < -0.4 is 5.32 Å². The van der Waals surface area contributed by atoms with Crippen molar-refractivity contribution < 1.29 is 4.74 Å². The molecule has 0 radical (unpaired) electrons. The van der Waals surface area contributed by atoms with Crippen LogP contribution in [0.2, 0.25) is 0 Å². The molecule has 0 amide bonds. The van der Waals surface area contributed by atoms with Crippen molar-refractivity contribution in [3.8, 4) is 0 Å². The van der Waals surface area contributed by atoms with Crippen LogP contribution in [-0.2, 0) is 4.74 Å². The molecule has 1 fully saturated rings. The molecule has 2 nitrogen and oxygen atoms in total. The first-order valence-corrected chi connectivity index (χ1v) is 8.51. The summed E-state index contributed by atoms with van der Waals surface area (Å²) < 4.78 is 7.24. The molecule has 20 heavy (non-hydrogen) atoms. The second-order valence-corrected chi connectivity index (χ2v) is 6.51. The minimum Gasteiger partial charge on any atom is -0.378 e. The van der Waals surface area contributed by atoms with E-state index in [0.29, 0.717) is 12.1 Å². The smallest absolute Gasteiger partial charge is 0.0575 e. The molecule has 0 aliphatic carbocycles. The average molecular weight is 289 g/mol. The van der Waals surface area contributed by atoms with E-state index >= 15 is 0 Å². The van der Waals surface area contributed by atoms with E-state index in [1.807, 2.05) is 11.3 Å². The quantitative estimate of drug-likeness (QED) is 0.874. The normalized spacial score (nSPS) is 21.1. The lowest BCUT2D eigenvalue weighted by atomic mass is 9.97. The number of thiophene rings is 1. The monoisotopic (exact) mass is 289 g/mol. The van der Waals surface area contributed by atoms with Crippen LogP contribution in [0.5, 0.6) is 0 Å². The molecule has 3 heteroatoms. The van der Waals surface area contributed by atoms with Crippen LogP contribution in [0, 0.1) is 0 Å². The van der Waals surface area contributed by atoms with Crippen molar-refractivity contribution in [3.05, 3.63) is 35.2 Å². The fourth-order valence-electron chi connectivity index (χ4n) is 3.11. The summed E-state index contributed by atoms with van der Waals surface area (Å²) in [5, 5.41) is 7.20. The van der Waals surface area contributed by atoms with Gasteiger partial charge in [0.15, 0.2) is 0 Å². The predicted molar refractivity (Wildman–Crippen MR) is 86.5 cm³/mol. The third-order valence-electron chi connectivity index (χ3n) is 4.29. The number of ether oxygens (including phenoxy) is 1. The van der Waals surface area contributed by atoms with Gasteiger partial charge in [-0.15, -0.1) is 11.3 Å². The molecule has 0 saturated carbocycles. The summed E-state index contributed by atoms with van der Waals surface area (Å²) in [5.74, 6) is 0. The Labute approximate surface area is 125 Å². The zero-order valence-electron chi connectivity index (χ0n) is 12.1. The third kappa shape index (κ3) is 3.05. The SMILES string of the molecule is CNC(CCC1CCCCO1)c1csc2ccccc12. The van der Waals surface area contributed by atoms with Crippen molar-refractivity contribution in [2.75, 3.05) is 13.7 Å². The fourth-order valence-corrected chi connectivity index (χ4v) is 4.13. The van der Waals surface area contributed by atoms with Gasteiger partial charge in [-0.1, -0.05) is 18.2 Å². The summed E-state index contributed by atoms with van der Waals surface area (Å²) in [7, 11) is 2.07. The Kier molecular flexibility index (Phi) is 4.71. The lowest BCUT2D eigenvalue weighted by molar-refractivity contribution is 0.00869. The molecule has 1 saturated heterocycles. The second-order valence-electron chi connectivity index (χ2n) is 5.59. The van der Waals surface area contributed by atoms with E-state index in [2.05, 4.69) is 42.0 Å².